The van der Waals surface area contributed by atoms with Crippen LogP contribution in [0, 0.1) is 20.8 Å². The third kappa shape index (κ3) is 3.68. The Morgan fingerprint density at radius 3 is 2.21 bits per heavy atom. The number of allylic oxidation sites excluding steroid dienone is 2. The normalized spacial score (nSPS) is 11.5. The zero-order valence-corrected chi connectivity index (χ0v) is 19.5. The maximum Gasteiger partial charge on any atom is -0.00735 e. The van der Waals surface area contributed by atoms with Gasteiger partial charge in [-0.2, -0.15) is 0 Å². The third-order valence-electron chi connectivity index (χ3n) is 6.71. The lowest BCUT2D eigenvalue weighted by Gasteiger charge is -2.16. The summed E-state index contributed by atoms with van der Waals surface area (Å²) < 4.78 is 0. The largest absolute Gasteiger partial charge is 0.0991 e. The van der Waals surface area contributed by atoms with Crippen molar-refractivity contribution in [2.45, 2.75) is 20.8 Å². The summed E-state index contributed by atoms with van der Waals surface area (Å²) in [6.07, 6.45) is 6.06. The Balaban J connectivity index is 1.77. The molecule has 0 heteroatoms. The molecule has 5 aromatic carbocycles. The molecule has 0 saturated heterocycles. The molecule has 33 heavy (non-hydrogen) atoms. The molecule has 0 heterocycles. The monoisotopic (exact) mass is 424 g/mol. The van der Waals surface area contributed by atoms with Crippen molar-refractivity contribution in [1.82, 2.24) is 0 Å². The molecule has 0 aliphatic carbocycles. The molecule has 0 atom stereocenters. The van der Waals surface area contributed by atoms with Gasteiger partial charge in [0.05, 0.1) is 0 Å². The van der Waals surface area contributed by atoms with Gasteiger partial charge in [0.25, 0.3) is 0 Å². The quantitative estimate of drug-likeness (QED) is 0.252. The second kappa shape index (κ2) is 8.56. The zero-order valence-electron chi connectivity index (χ0n) is 19.5. The molecule has 5 aromatic rings. The van der Waals surface area contributed by atoms with Crippen LogP contribution in [0.3, 0.4) is 0 Å². The van der Waals surface area contributed by atoms with E-state index in [0.29, 0.717) is 0 Å². The molecule has 0 bridgehead atoms. The van der Waals surface area contributed by atoms with Crippen molar-refractivity contribution < 1.29 is 0 Å². The minimum atomic E-state index is 1.24. The predicted octanol–water partition coefficient (Wildman–Crippen LogP) is 9.45. The highest BCUT2D eigenvalue weighted by Crippen LogP contribution is 2.38. The van der Waals surface area contributed by atoms with Crippen LogP contribution in [-0.4, -0.2) is 0 Å². The lowest BCUT2D eigenvalue weighted by Crippen LogP contribution is -1.92. The average molecular weight is 425 g/mol. The van der Waals surface area contributed by atoms with E-state index in [4.69, 9.17) is 0 Å². The predicted molar refractivity (Wildman–Crippen MR) is 146 cm³/mol. The van der Waals surface area contributed by atoms with Crippen LogP contribution in [0.15, 0.2) is 104 Å². The molecule has 0 aliphatic rings. The summed E-state index contributed by atoms with van der Waals surface area (Å²) >= 11 is 0. The minimum Gasteiger partial charge on any atom is -0.0991 e. The first-order valence-corrected chi connectivity index (χ1v) is 11.5. The Morgan fingerprint density at radius 1 is 0.636 bits per heavy atom. The van der Waals surface area contributed by atoms with E-state index >= 15 is 0 Å². The van der Waals surface area contributed by atoms with Gasteiger partial charge >= 0.3 is 0 Å². The first-order valence-electron chi connectivity index (χ1n) is 11.5. The van der Waals surface area contributed by atoms with Gasteiger partial charge in [-0.15, -0.1) is 0 Å². The first-order chi connectivity index (χ1) is 16.1. The molecule has 0 unspecified atom stereocenters. The first kappa shape index (κ1) is 21.0. The highest BCUT2D eigenvalue weighted by Gasteiger charge is 2.13. The van der Waals surface area contributed by atoms with E-state index in [1.54, 1.807) is 0 Å². The molecule has 160 valence electrons. The average Bonchev–Trinajstić information content (AvgIpc) is 2.84. The van der Waals surface area contributed by atoms with Crippen LogP contribution in [-0.2, 0) is 0 Å². The summed E-state index contributed by atoms with van der Waals surface area (Å²) in [5.41, 5.74) is 10.3. The van der Waals surface area contributed by atoms with Gasteiger partial charge in [0.2, 0.25) is 0 Å². The van der Waals surface area contributed by atoms with Crippen molar-refractivity contribution in [2.24, 2.45) is 0 Å². The van der Waals surface area contributed by atoms with Crippen molar-refractivity contribution in [3.63, 3.8) is 0 Å². The van der Waals surface area contributed by atoms with Crippen molar-refractivity contribution >= 4 is 27.6 Å². The summed E-state index contributed by atoms with van der Waals surface area (Å²) in [6.45, 7) is 10.5. The summed E-state index contributed by atoms with van der Waals surface area (Å²) in [5.74, 6) is 0. The van der Waals surface area contributed by atoms with Gasteiger partial charge in [-0.05, 0) is 99.0 Å². The molecule has 0 nitrogen and oxygen atoms in total. The number of rotatable bonds is 4. The summed E-state index contributed by atoms with van der Waals surface area (Å²) in [7, 11) is 0. The van der Waals surface area contributed by atoms with E-state index in [0.717, 1.165) is 0 Å². The highest BCUT2D eigenvalue weighted by molar-refractivity contribution is 6.02. The van der Waals surface area contributed by atoms with Gasteiger partial charge in [-0.3, -0.25) is 0 Å². The van der Waals surface area contributed by atoms with Gasteiger partial charge in [-0.25, -0.2) is 0 Å². The Kier molecular flexibility index (Phi) is 5.44. The molecular formula is C33H28. The Labute approximate surface area is 196 Å². The smallest absolute Gasteiger partial charge is 0.00735 e. The summed E-state index contributed by atoms with van der Waals surface area (Å²) in [6, 6.07) is 31.0. The topological polar surface area (TPSA) is 0 Å². The fourth-order valence-corrected chi connectivity index (χ4v) is 4.98. The molecule has 0 N–H and O–H groups in total. The van der Waals surface area contributed by atoms with E-state index in [1.165, 1.54) is 66.1 Å². The van der Waals surface area contributed by atoms with Gasteiger partial charge in [0.15, 0.2) is 0 Å². The number of hydrogen-bond donors (Lipinski definition) is 0. The number of aryl methyl sites for hydroxylation is 3. The third-order valence-corrected chi connectivity index (χ3v) is 6.71. The molecule has 0 aromatic heterocycles. The zero-order chi connectivity index (χ0) is 22.9. The van der Waals surface area contributed by atoms with Crippen LogP contribution in [0.1, 0.15) is 22.3 Å². The SMILES string of the molecule is C=C/C=C\c1c(-c2ccc3c(-c4ccccc4C)c(C)ccc3c2)cc2ccccc2c1C. The maximum atomic E-state index is 3.88. The van der Waals surface area contributed by atoms with Gasteiger partial charge in [0, 0.05) is 0 Å². The van der Waals surface area contributed by atoms with Crippen LogP contribution < -0.4 is 0 Å². The molecule has 0 saturated carbocycles. The Morgan fingerprint density at radius 2 is 1.39 bits per heavy atom. The standard InChI is InChI=1S/C33H28/c1-5-6-13-30-24(4)29-15-10-8-12-25(29)21-32(30)27-18-19-31-26(20-27)17-16-23(3)33(31)28-14-9-7-11-22(28)2/h5-21H,1H2,2-4H3/b13-6-. The van der Waals surface area contributed by atoms with E-state index < -0.39 is 0 Å². The van der Waals surface area contributed by atoms with Gasteiger partial charge < -0.3 is 0 Å². The maximum absolute atomic E-state index is 3.88. The number of benzene rings is 5. The molecule has 0 spiro atoms. The summed E-state index contributed by atoms with van der Waals surface area (Å²) in [5, 5.41) is 5.13. The van der Waals surface area contributed by atoms with Crippen LogP contribution >= 0.6 is 0 Å². The van der Waals surface area contributed by atoms with Crippen LogP contribution in [0.25, 0.3) is 49.9 Å². The van der Waals surface area contributed by atoms with Gasteiger partial charge in [0.1, 0.15) is 0 Å². The highest BCUT2D eigenvalue weighted by atomic mass is 14.2. The molecule has 0 radical (unpaired) electrons. The molecule has 0 aliphatic heterocycles. The Bertz CT molecular complexity index is 1550. The molecule has 0 fully saturated rings. The van der Waals surface area contributed by atoms with E-state index in [-0.39, 0.29) is 0 Å². The number of hydrogen-bond acceptors (Lipinski definition) is 0. The summed E-state index contributed by atoms with van der Waals surface area (Å²) in [4.78, 5) is 0. The molecule has 5 rings (SSSR count). The van der Waals surface area contributed by atoms with Crippen molar-refractivity contribution in [3.05, 3.63) is 126 Å². The van der Waals surface area contributed by atoms with E-state index in [1.807, 2.05) is 12.2 Å². The fraction of sp³-hybridized carbons (Fsp3) is 0.0909. The lowest BCUT2D eigenvalue weighted by atomic mass is 9.87. The van der Waals surface area contributed by atoms with Crippen molar-refractivity contribution in [1.29, 1.82) is 0 Å². The van der Waals surface area contributed by atoms with Crippen LogP contribution in [0.5, 0.6) is 0 Å². The second-order valence-electron chi connectivity index (χ2n) is 8.79. The Hall–Kier alpha value is -3.90. The molecular weight excluding hydrogens is 396 g/mol. The van der Waals surface area contributed by atoms with Crippen LogP contribution in [0.2, 0.25) is 0 Å². The van der Waals surface area contributed by atoms with Gasteiger partial charge in [-0.1, -0.05) is 97.6 Å². The van der Waals surface area contributed by atoms with Crippen molar-refractivity contribution in [2.75, 3.05) is 0 Å². The molecule has 0 amide bonds. The van der Waals surface area contributed by atoms with E-state index in [9.17, 15) is 0 Å². The number of fused-ring (bicyclic) bond motifs is 2. The van der Waals surface area contributed by atoms with Crippen LogP contribution in [0.4, 0.5) is 0 Å². The lowest BCUT2D eigenvalue weighted by molar-refractivity contribution is 1.43. The second-order valence-corrected chi connectivity index (χ2v) is 8.79. The van der Waals surface area contributed by atoms with Crippen molar-refractivity contribution in [3.8, 4) is 22.3 Å². The fourth-order valence-electron chi connectivity index (χ4n) is 4.98. The van der Waals surface area contributed by atoms with E-state index in [2.05, 4.69) is 118 Å². The minimum absolute atomic E-state index is 1.24.